The summed E-state index contributed by atoms with van der Waals surface area (Å²) in [5.41, 5.74) is 0. The van der Waals surface area contributed by atoms with Gasteiger partial charge in [-0.25, -0.2) is 9.13 Å². The Hall–Kier alpha value is -4.57. The Labute approximate surface area is 664 Å². The van der Waals surface area contributed by atoms with Crippen LogP contribution in [0.3, 0.4) is 0 Å². The monoisotopic (exact) mass is 1570 g/mol. The molecule has 0 aliphatic carbocycles. The van der Waals surface area contributed by atoms with Crippen LogP contribution in [0.2, 0.25) is 0 Å². The van der Waals surface area contributed by atoms with Crippen LogP contribution in [-0.4, -0.2) is 95.9 Å². The van der Waals surface area contributed by atoms with Gasteiger partial charge in [0.1, 0.15) is 25.4 Å². The maximum atomic E-state index is 13.0. The lowest BCUT2D eigenvalue weighted by molar-refractivity contribution is -0.161. The highest BCUT2D eigenvalue weighted by atomic mass is 31.2. The summed E-state index contributed by atoms with van der Waals surface area (Å²) in [5, 5.41) is 20.7. The molecule has 0 bridgehead atoms. The predicted molar refractivity (Wildman–Crippen MR) is 454 cm³/mol. The zero-order chi connectivity index (χ0) is 79.4. The van der Waals surface area contributed by atoms with Crippen molar-refractivity contribution in [1.29, 1.82) is 0 Å². The number of aliphatic hydroxyl groups excluding tert-OH is 2. The minimum absolute atomic E-state index is 0.0827. The first-order chi connectivity index (χ1) is 53.2. The van der Waals surface area contributed by atoms with Gasteiger partial charge in [0.25, 0.3) is 0 Å². The van der Waals surface area contributed by atoms with Gasteiger partial charge >= 0.3 is 33.6 Å². The summed E-state index contributed by atoms with van der Waals surface area (Å²) in [6.45, 7) is 2.51. The molecule has 0 saturated heterocycles. The summed E-state index contributed by atoms with van der Waals surface area (Å²) in [7, 11) is -9.81. The molecule has 0 fully saturated rings. The van der Waals surface area contributed by atoms with Gasteiger partial charge in [-0.1, -0.05) is 334 Å². The normalized spacial score (nSPS) is 14.6. The topological polar surface area (TPSA) is 231 Å². The molecule has 0 aliphatic heterocycles. The molecule has 0 rings (SSSR count). The van der Waals surface area contributed by atoms with Gasteiger partial charge in [0.2, 0.25) is 0 Å². The second-order valence-corrected chi connectivity index (χ2v) is 31.5. The number of carbonyl (C=O) groups excluding carboxylic acids is 3. The number of esters is 3. The molecule has 109 heavy (non-hydrogen) atoms. The molecule has 0 radical (unpaired) electrons. The number of unbranched alkanes of at least 4 members (excludes halogenated alkanes) is 34. The number of phosphoric acid groups is 2. The van der Waals surface area contributed by atoms with Gasteiger partial charge in [0.05, 0.1) is 26.4 Å². The van der Waals surface area contributed by atoms with Crippen LogP contribution in [0.15, 0.2) is 146 Å². The van der Waals surface area contributed by atoms with E-state index in [1.54, 1.807) is 0 Å². The highest BCUT2D eigenvalue weighted by Gasteiger charge is 2.29. The molecule has 18 heteroatoms. The fourth-order valence-corrected chi connectivity index (χ4v) is 13.1. The highest BCUT2D eigenvalue weighted by molar-refractivity contribution is 7.47. The smallest absolute Gasteiger partial charge is 0.463 e. The van der Waals surface area contributed by atoms with Gasteiger partial charge in [-0.3, -0.25) is 32.5 Å². The molecule has 0 amide bonds. The van der Waals surface area contributed by atoms with E-state index in [2.05, 4.69) is 167 Å². The Morgan fingerprint density at radius 1 is 0.266 bits per heavy atom. The Kier molecular flexibility index (Phi) is 79.4. The van der Waals surface area contributed by atoms with Crippen molar-refractivity contribution in [2.24, 2.45) is 0 Å². The minimum atomic E-state index is -4.95. The first-order valence-electron chi connectivity index (χ1n) is 43.1. The van der Waals surface area contributed by atoms with Crippen molar-refractivity contribution >= 4 is 33.6 Å². The van der Waals surface area contributed by atoms with E-state index in [0.29, 0.717) is 19.3 Å². The zero-order valence-corrected chi connectivity index (χ0v) is 70.5. The summed E-state index contributed by atoms with van der Waals surface area (Å²) in [6.07, 6.45) is 103. The molecular formula is C91H156O16P2. The molecule has 626 valence electrons. The number of ether oxygens (including phenoxy) is 3. The Morgan fingerprint density at radius 2 is 0.486 bits per heavy atom. The van der Waals surface area contributed by atoms with Crippen LogP contribution in [0.4, 0.5) is 0 Å². The summed E-state index contributed by atoms with van der Waals surface area (Å²) >= 11 is 0. The van der Waals surface area contributed by atoms with Crippen LogP contribution in [0.25, 0.3) is 0 Å². The van der Waals surface area contributed by atoms with Crippen LogP contribution in [-0.2, 0) is 55.8 Å². The van der Waals surface area contributed by atoms with Crippen LogP contribution in [0.5, 0.6) is 0 Å². The maximum absolute atomic E-state index is 13.0. The average molecular weight is 1570 g/mol. The molecule has 0 aromatic carbocycles. The van der Waals surface area contributed by atoms with E-state index in [1.165, 1.54) is 135 Å². The molecule has 0 saturated carbocycles. The molecule has 5 atom stereocenters. The Bertz CT molecular complexity index is 2560. The van der Waals surface area contributed by atoms with Crippen molar-refractivity contribution in [3.63, 3.8) is 0 Å². The maximum Gasteiger partial charge on any atom is 0.472 e. The zero-order valence-electron chi connectivity index (χ0n) is 68.7. The van der Waals surface area contributed by atoms with Gasteiger partial charge in [0, 0.05) is 19.3 Å². The van der Waals surface area contributed by atoms with Crippen molar-refractivity contribution in [3.05, 3.63) is 146 Å². The second kappa shape index (κ2) is 82.9. The third-order valence-corrected chi connectivity index (χ3v) is 19.9. The van der Waals surface area contributed by atoms with Crippen molar-refractivity contribution in [3.8, 4) is 0 Å². The average Bonchev–Trinajstić information content (AvgIpc) is 0.896. The number of carbonyl (C=O) groups is 3. The van der Waals surface area contributed by atoms with E-state index >= 15 is 0 Å². The largest absolute Gasteiger partial charge is 0.472 e. The van der Waals surface area contributed by atoms with Gasteiger partial charge < -0.3 is 34.2 Å². The van der Waals surface area contributed by atoms with E-state index in [9.17, 15) is 43.5 Å². The summed E-state index contributed by atoms with van der Waals surface area (Å²) in [6, 6.07) is 0. The SMILES string of the molecule is CC/C=C\C/C=C\C/C=C\C/C=C\C/C=C\CCCCCCCCCCCCCCCCCCCC(=O)OCC(O)COP(=O)(O)OCC(O)COP(=O)(O)OCC(COC(=O)CCCCCCC/C=C\C/C=C\C/C=C\C/C=C\CCCCC)OC(=O)CCCCCCCC/C=C\C/C=C\C/C=C\CCCCC. The second-order valence-electron chi connectivity index (χ2n) is 28.6. The third kappa shape index (κ3) is 84.2. The van der Waals surface area contributed by atoms with Gasteiger partial charge in [-0.2, -0.15) is 0 Å². The number of hydrogen-bond donors (Lipinski definition) is 4. The number of rotatable bonds is 81. The van der Waals surface area contributed by atoms with E-state index in [-0.39, 0.29) is 19.3 Å². The molecule has 16 nitrogen and oxygen atoms in total. The molecule has 4 N–H and O–H groups in total. The number of phosphoric ester groups is 2. The standard InChI is InChI=1S/C91H156O16P2/c1-4-7-10-13-16-19-22-25-28-31-34-36-37-38-39-40-41-42-43-44-45-46-47-49-52-53-56-59-62-65-68-71-74-77-89(94)101-80-86(92)81-103-108(97,98)104-82-87(93)83-105-109(99,100)106-85-88(107-91(96)79-76-73-70-67-64-61-58-55-50-33-30-27-24-21-18-15-12-9-6-3)84-102-90(95)78-75-72-69-66-63-60-57-54-51-48-35-32-29-26-23-20-17-14-11-8-5-2/h7,10,16-21,25-30,34-36,38-39,48,50,54-55,57,86-88,92-93H,4-6,8-9,11-15,22-24,31-33,37,40-47,49,51-53,56,58-85H2,1-3H3,(H,97,98)(H,99,100)/b10-7-,19-16-,20-17-,21-18-,28-25-,29-26-,30-27-,36-34-,39-38-,48-35-,55-50-,57-54-. The van der Waals surface area contributed by atoms with E-state index < -0.39 is 91.5 Å². The molecule has 0 aliphatic rings. The predicted octanol–water partition coefficient (Wildman–Crippen LogP) is 26.0. The van der Waals surface area contributed by atoms with Crippen molar-refractivity contribution in [1.82, 2.24) is 0 Å². The minimum Gasteiger partial charge on any atom is -0.463 e. The molecule has 0 aromatic rings. The third-order valence-electron chi connectivity index (χ3n) is 18.0. The van der Waals surface area contributed by atoms with Gasteiger partial charge in [0.15, 0.2) is 6.10 Å². The molecular weight excluding hydrogens is 1410 g/mol. The van der Waals surface area contributed by atoms with E-state index in [0.717, 1.165) is 161 Å². The fraction of sp³-hybridized carbons (Fsp3) is 0.703. The van der Waals surface area contributed by atoms with Crippen LogP contribution in [0.1, 0.15) is 355 Å². The number of allylic oxidation sites excluding steroid dienone is 24. The number of aliphatic hydroxyl groups is 2. The van der Waals surface area contributed by atoms with Crippen LogP contribution in [0, 0.1) is 0 Å². The highest BCUT2D eigenvalue weighted by Crippen LogP contribution is 2.45. The quantitative estimate of drug-likeness (QED) is 0.0146. The summed E-state index contributed by atoms with van der Waals surface area (Å²) in [5.74, 6) is -1.60. The lowest BCUT2D eigenvalue weighted by atomic mass is 10.0. The lowest BCUT2D eigenvalue weighted by Crippen LogP contribution is -2.30. The van der Waals surface area contributed by atoms with Gasteiger partial charge in [-0.05, 0) is 148 Å². The lowest BCUT2D eigenvalue weighted by Gasteiger charge is -2.21. The molecule has 5 unspecified atom stereocenters. The molecule has 0 spiro atoms. The Balaban J connectivity index is 4.53. The van der Waals surface area contributed by atoms with Gasteiger partial charge in [-0.15, -0.1) is 0 Å². The van der Waals surface area contributed by atoms with Crippen molar-refractivity contribution in [2.75, 3.05) is 39.6 Å². The van der Waals surface area contributed by atoms with E-state index in [1.807, 2.05) is 0 Å². The first-order valence-corrected chi connectivity index (χ1v) is 46.1. The molecule has 0 heterocycles. The van der Waals surface area contributed by atoms with Crippen LogP contribution >= 0.6 is 15.6 Å². The molecule has 0 aromatic heterocycles. The summed E-state index contributed by atoms with van der Waals surface area (Å²) < 4.78 is 61.3. The number of hydrogen-bond acceptors (Lipinski definition) is 14. The van der Waals surface area contributed by atoms with Crippen molar-refractivity contribution < 1.29 is 75.8 Å². The van der Waals surface area contributed by atoms with Crippen molar-refractivity contribution in [2.45, 2.75) is 373 Å². The van der Waals surface area contributed by atoms with E-state index in [4.69, 9.17) is 32.3 Å². The Morgan fingerprint density at radius 3 is 0.771 bits per heavy atom. The fourth-order valence-electron chi connectivity index (χ4n) is 11.5. The summed E-state index contributed by atoms with van der Waals surface area (Å²) in [4.78, 5) is 58.8. The first kappa shape index (κ1) is 104. The van der Waals surface area contributed by atoms with Crippen LogP contribution < -0.4 is 0 Å².